The number of likely N-dealkylation sites (tertiary alicyclic amines) is 1. The average Bonchev–Trinajstić information content (AvgIpc) is 2.28. The summed E-state index contributed by atoms with van der Waals surface area (Å²) in [7, 11) is 0. The quantitative estimate of drug-likeness (QED) is 0.684. The number of amides is 1. The van der Waals surface area contributed by atoms with Crippen molar-refractivity contribution in [1.29, 1.82) is 0 Å². The molecule has 0 N–H and O–H groups in total. The van der Waals surface area contributed by atoms with Gasteiger partial charge in [-0.15, -0.1) is 11.6 Å². The normalized spacial score (nSPS) is 22.9. The van der Waals surface area contributed by atoms with Crippen LogP contribution < -0.4 is 0 Å². The maximum atomic E-state index is 12.2. The molecule has 3 heteroatoms. The van der Waals surface area contributed by atoms with Gasteiger partial charge in [0.15, 0.2) is 0 Å². The Morgan fingerprint density at radius 2 is 2.20 bits per heavy atom. The van der Waals surface area contributed by atoms with E-state index in [1.54, 1.807) is 0 Å². The van der Waals surface area contributed by atoms with Gasteiger partial charge in [0.2, 0.25) is 5.91 Å². The number of alkyl halides is 1. The number of halogens is 1. The maximum absolute atomic E-state index is 12.2. The minimum absolute atomic E-state index is 0.218. The Labute approximate surface area is 98.0 Å². The van der Waals surface area contributed by atoms with Crippen molar-refractivity contribution in [2.75, 3.05) is 19.0 Å². The van der Waals surface area contributed by atoms with Gasteiger partial charge < -0.3 is 4.90 Å². The van der Waals surface area contributed by atoms with Crippen molar-refractivity contribution in [3.8, 4) is 0 Å². The molecule has 0 spiro atoms. The topological polar surface area (TPSA) is 20.3 Å². The summed E-state index contributed by atoms with van der Waals surface area (Å²) in [4.78, 5) is 14.2. The zero-order valence-electron chi connectivity index (χ0n) is 10.1. The molecular formula is C12H22ClNO. The molecule has 1 rings (SSSR count). The van der Waals surface area contributed by atoms with Crippen molar-refractivity contribution < 1.29 is 4.79 Å². The van der Waals surface area contributed by atoms with E-state index in [9.17, 15) is 4.79 Å². The fourth-order valence-corrected chi connectivity index (χ4v) is 2.18. The van der Waals surface area contributed by atoms with Crippen molar-refractivity contribution in [3.05, 3.63) is 0 Å². The van der Waals surface area contributed by atoms with Gasteiger partial charge in [-0.25, -0.2) is 0 Å². The first-order chi connectivity index (χ1) is 7.01. The summed E-state index contributed by atoms with van der Waals surface area (Å²) in [5.41, 5.74) is -0.406. The first kappa shape index (κ1) is 12.8. The fourth-order valence-electron chi connectivity index (χ4n) is 2.07. The third-order valence-electron chi connectivity index (χ3n) is 3.30. The highest BCUT2D eigenvalue weighted by atomic mass is 35.5. The largest absolute Gasteiger partial charge is 0.342 e. The molecule has 0 bridgehead atoms. The van der Waals surface area contributed by atoms with Crippen LogP contribution in [0.15, 0.2) is 0 Å². The molecule has 0 aromatic heterocycles. The number of carbonyl (C=O) groups is 1. The van der Waals surface area contributed by atoms with Gasteiger partial charge in [-0.2, -0.15) is 0 Å². The fraction of sp³-hybridized carbons (Fsp3) is 0.917. The Morgan fingerprint density at radius 1 is 1.53 bits per heavy atom. The van der Waals surface area contributed by atoms with Gasteiger partial charge in [0.05, 0.1) is 5.41 Å². The second-order valence-electron chi connectivity index (χ2n) is 5.19. The Balaban J connectivity index is 2.60. The van der Waals surface area contributed by atoms with Gasteiger partial charge in [-0.05, 0) is 32.6 Å². The van der Waals surface area contributed by atoms with Crippen LogP contribution in [0.4, 0.5) is 0 Å². The van der Waals surface area contributed by atoms with E-state index in [1.807, 2.05) is 18.7 Å². The predicted molar refractivity (Wildman–Crippen MR) is 64.1 cm³/mol. The average molecular weight is 232 g/mol. The summed E-state index contributed by atoms with van der Waals surface area (Å²) >= 11 is 5.83. The van der Waals surface area contributed by atoms with Crippen LogP contribution in [0.1, 0.15) is 40.0 Å². The summed E-state index contributed by atoms with van der Waals surface area (Å²) in [5.74, 6) is 1.31. The lowest BCUT2D eigenvalue weighted by atomic mass is 9.90. The minimum Gasteiger partial charge on any atom is -0.342 e. The number of hydrogen-bond donors (Lipinski definition) is 0. The molecule has 1 amide bonds. The SMILES string of the molecule is CCC1CCCN(C(=O)C(C)(C)CCl)C1. The van der Waals surface area contributed by atoms with Crippen molar-refractivity contribution in [2.45, 2.75) is 40.0 Å². The van der Waals surface area contributed by atoms with E-state index < -0.39 is 5.41 Å². The van der Waals surface area contributed by atoms with Crippen molar-refractivity contribution in [3.63, 3.8) is 0 Å². The van der Waals surface area contributed by atoms with Crippen LogP contribution in [0.3, 0.4) is 0 Å². The number of carbonyl (C=O) groups excluding carboxylic acids is 1. The lowest BCUT2D eigenvalue weighted by molar-refractivity contribution is -0.141. The molecule has 0 aromatic rings. The van der Waals surface area contributed by atoms with Crippen LogP contribution in [0.25, 0.3) is 0 Å². The van der Waals surface area contributed by atoms with Gasteiger partial charge in [0.1, 0.15) is 0 Å². The lowest BCUT2D eigenvalue weighted by Gasteiger charge is -2.36. The van der Waals surface area contributed by atoms with Gasteiger partial charge in [-0.3, -0.25) is 4.79 Å². The molecule has 15 heavy (non-hydrogen) atoms. The molecule has 1 fully saturated rings. The minimum atomic E-state index is -0.406. The van der Waals surface area contributed by atoms with Crippen LogP contribution in [0.2, 0.25) is 0 Å². The predicted octanol–water partition coefficient (Wildman–Crippen LogP) is 2.90. The van der Waals surface area contributed by atoms with E-state index in [2.05, 4.69) is 6.92 Å². The van der Waals surface area contributed by atoms with Crippen LogP contribution in [0.5, 0.6) is 0 Å². The molecule has 2 nitrogen and oxygen atoms in total. The van der Waals surface area contributed by atoms with E-state index in [1.165, 1.54) is 12.8 Å². The zero-order valence-corrected chi connectivity index (χ0v) is 10.8. The van der Waals surface area contributed by atoms with Crippen molar-refractivity contribution in [1.82, 2.24) is 4.90 Å². The summed E-state index contributed by atoms with van der Waals surface area (Å²) in [5, 5.41) is 0. The first-order valence-electron chi connectivity index (χ1n) is 5.86. The van der Waals surface area contributed by atoms with Crippen molar-refractivity contribution in [2.24, 2.45) is 11.3 Å². The summed E-state index contributed by atoms with van der Waals surface area (Å²) in [6.45, 7) is 7.90. The molecule has 0 aliphatic carbocycles. The van der Waals surface area contributed by atoms with Gasteiger partial charge in [-0.1, -0.05) is 13.3 Å². The molecule has 1 unspecified atom stereocenters. The molecule has 1 aliphatic heterocycles. The Kier molecular flexibility index (Phi) is 4.45. The summed E-state index contributed by atoms with van der Waals surface area (Å²) < 4.78 is 0. The molecule has 1 aliphatic rings. The van der Waals surface area contributed by atoms with E-state index >= 15 is 0 Å². The molecule has 0 saturated carbocycles. The van der Waals surface area contributed by atoms with Gasteiger partial charge >= 0.3 is 0 Å². The first-order valence-corrected chi connectivity index (χ1v) is 6.40. The highest BCUT2D eigenvalue weighted by Crippen LogP contribution is 2.26. The molecule has 0 aromatic carbocycles. The molecule has 0 radical (unpaired) electrons. The molecule has 1 heterocycles. The molecular weight excluding hydrogens is 210 g/mol. The maximum Gasteiger partial charge on any atom is 0.229 e. The number of piperidine rings is 1. The van der Waals surface area contributed by atoms with E-state index in [0.29, 0.717) is 11.8 Å². The summed E-state index contributed by atoms with van der Waals surface area (Å²) in [6, 6.07) is 0. The Morgan fingerprint density at radius 3 is 2.73 bits per heavy atom. The highest BCUT2D eigenvalue weighted by Gasteiger charge is 2.33. The smallest absolute Gasteiger partial charge is 0.229 e. The van der Waals surface area contributed by atoms with E-state index in [4.69, 9.17) is 11.6 Å². The zero-order chi connectivity index (χ0) is 11.5. The highest BCUT2D eigenvalue weighted by molar-refractivity contribution is 6.19. The van der Waals surface area contributed by atoms with E-state index in [-0.39, 0.29) is 5.91 Å². The second kappa shape index (κ2) is 5.20. The Hall–Kier alpha value is -0.240. The van der Waals surface area contributed by atoms with E-state index in [0.717, 1.165) is 19.5 Å². The third kappa shape index (κ3) is 3.10. The van der Waals surface area contributed by atoms with Crippen LogP contribution in [-0.4, -0.2) is 29.8 Å². The number of hydrogen-bond acceptors (Lipinski definition) is 1. The second-order valence-corrected chi connectivity index (χ2v) is 5.45. The van der Waals surface area contributed by atoms with Gasteiger partial charge in [0, 0.05) is 19.0 Å². The number of nitrogens with zero attached hydrogens (tertiary/aromatic N) is 1. The van der Waals surface area contributed by atoms with Crippen LogP contribution in [0, 0.1) is 11.3 Å². The van der Waals surface area contributed by atoms with Gasteiger partial charge in [0.25, 0.3) is 0 Å². The number of rotatable bonds is 3. The molecule has 88 valence electrons. The Bertz CT molecular complexity index is 228. The third-order valence-corrected chi connectivity index (χ3v) is 3.96. The molecule has 1 atom stereocenters. The molecule has 1 saturated heterocycles. The lowest BCUT2D eigenvalue weighted by Crippen LogP contribution is -2.46. The summed E-state index contributed by atoms with van der Waals surface area (Å²) in [6.07, 6.45) is 3.58. The van der Waals surface area contributed by atoms with Crippen molar-refractivity contribution >= 4 is 17.5 Å². The van der Waals surface area contributed by atoms with Crippen LogP contribution >= 0.6 is 11.6 Å². The van der Waals surface area contributed by atoms with Crippen LogP contribution in [-0.2, 0) is 4.79 Å². The standard InChI is InChI=1S/C12H22ClNO/c1-4-10-6-5-7-14(8-10)11(15)12(2,3)9-13/h10H,4-9H2,1-3H3. The monoisotopic (exact) mass is 231 g/mol.